The molecule has 1 heterocycles. The Morgan fingerprint density at radius 1 is 1.75 bits per heavy atom. The standard InChI is InChI=1S/C8H10N2O2/c1-11-8-5-12-4-6(8)7(10)2-3-9/h4-5,7H,2,10H2,1H3/t7-/m1/s1. The van der Waals surface area contributed by atoms with Crippen LogP contribution in [-0.2, 0) is 0 Å². The van der Waals surface area contributed by atoms with Crippen molar-refractivity contribution in [2.24, 2.45) is 5.73 Å². The van der Waals surface area contributed by atoms with Crippen molar-refractivity contribution in [1.82, 2.24) is 0 Å². The number of rotatable bonds is 3. The van der Waals surface area contributed by atoms with Gasteiger partial charge in [-0.15, -0.1) is 0 Å². The van der Waals surface area contributed by atoms with Gasteiger partial charge in [-0.2, -0.15) is 5.26 Å². The Kier molecular flexibility index (Phi) is 2.72. The lowest BCUT2D eigenvalue weighted by Gasteiger charge is -2.05. The number of nitrogens with zero attached hydrogens (tertiary/aromatic N) is 1. The molecular weight excluding hydrogens is 156 g/mol. The van der Waals surface area contributed by atoms with E-state index in [0.717, 1.165) is 5.56 Å². The largest absolute Gasteiger partial charge is 0.493 e. The van der Waals surface area contributed by atoms with Crippen molar-refractivity contribution in [3.63, 3.8) is 0 Å². The van der Waals surface area contributed by atoms with E-state index in [1.807, 2.05) is 6.07 Å². The van der Waals surface area contributed by atoms with E-state index in [2.05, 4.69) is 0 Å². The summed E-state index contributed by atoms with van der Waals surface area (Å²) in [4.78, 5) is 0. The van der Waals surface area contributed by atoms with Crippen molar-refractivity contribution in [1.29, 1.82) is 5.26 Å². The summed E-state index contributed by atoms with van der Waals surface area (Å²) in [7, 11) is 1.54. The van der Waals surface area contributed by atoms with Crippen LogP contribution in [0.1, 0.15) is 18.0 Å². The van der Waals surface area contributed by atoms with Crippen LogP contribution in [0.2, 0.25) is 0 Å². The van der Waals surface area contributed by atoms with Crippen LogP contribution >= 0.6 is 0 Å². The molecule has 0 spiro atoms. The highest BCUT2D eigenvalue weighted by Gasteiger charge is 2.13. The van der Waals surface area contributed by atoms with Crippen molar-refractivity contribution in [2.75, 3.05) is 7.11 Å². The van der Waals surface area contributed by atoms with Crippen molar-refractivity contribution < 1.29 is 9.15 Å². The summed E-state index contributed by atoms with van der Waals surface area (Å²) in [6.45, 7) is 0. The van der Waals surface area contributed by atoms with Gasteiger partial charge in [0.25, 0.3) is 0 Å². The zero-order chi connectivity index (χ0) is 8.97. The average molecular weight is 166 g/mol. The van der Waals surface area contributed by atoms with E-state index in [4.69, 9.17) is 20.1 Å². The van der Waals surface area contributed by atoms with Gasteiger partial charge in [0.1, 0.15) is 6.26 Å². The molecule has 12 heavy (non-hydrogen) atoms. The van der Waals surface area contributed by atoms with Crippen LogP contribution < -0.4 is 10.5 Å². The lowest BCUT2D eigenvalue weighted by atomic mass is 10.1. The molecule has 0 bridgehead atoms. The minimum atomic E-state index is -0.330. The summed E-state index contributed by atoms with van der Waals surface area (Å²) in [6.07, 6.45) is 3.23. The summed E-state index contributed by atoms with van der Waals surface area (Å²) < 4.78 is 9.86. The van der Waals surface area contributed by atoms with Gasteiger partial charge in [-0.25, -0.2) is 0 Å². The SMILES string of the molecule is COc1cocc1[C@H](N)CC#N. The number of hydrogen-bond donors (Lipinski definition) is 1. The normalized spacial score (nSPS) is 12.1. The molecule has 0 radical (unpaired) electrons. The molecule has 0 aliphatic carbocycles. The molecule has 0 saturated carbocycles. The Morgan fingerprint density at radius 2 is 2.50 bits per heavy atom. The first-order valence-corrected chi connectivity index (χ1v) is 3.52. The average Bonchev–Trinajstić information content (AvgIpc) is 2.51. The molecule has 0 aromatic carbocycles. The first-order valence-electron chi connectivity index (χ1n) is 3.52. The molecule has 0 unspecified atom stereocenters. The summed E-state index contributed by atoms with van der Waals surface area (Å²) >= 11 is 0. The molecule has 64 valence electrons. The molecule has 1 rings (SSSR count). The molecule has 4 nitrogen and oxygen atoms in total. The summed E-state index contributed by atoms with van der Waals surface area (Å²) in [6, 6.07) is 1.65. The van der Waals surface area contributed by atoms with Gasteiger partial charge in [-0.05, 0) is 0 Å². The second kappa shape index (κ2) is 3.79. The fraction of sp³-hybridized carbons (Fsp3) is 0.375. The van der Waals surface area contributed by atoms with E-state index in [1.54, 1.807) is 0 Å². The minimum absolute atomic E-state index is 0.260. The number of nitrogens with two attached hydrogens (primary N) is 1. The van der Waals surface area contributed by atoms with Crippen LogP contribution in [0.25, 0.3) is 0 Å². The number of nitriles is 1. The third kappa shape index (κ3) is 1.57. The van der Waals surface area contributed by atoms with E-state index in [0.29, 0.717) is 5.75 Å². The van der Waals surface area contributed by atoms with Crippen LogP contribution in [0.4, 0.5) is 0 Å². The third-order valence-electron chi connectivity index (χ3n) is 1.59. The van der Waals surface area contributed by atoms with Crippen LogP contribution in [0, 0.1) is 11.3 Å². The van der Waals surface area contributed by atoms with E-state index in [-0.39, 0.29) is 12.5 Å². The fourth-order valence-corrected chi connectivity index (χ4v) is 0.940. The van der Waals surface area contributed by atoms with Crippen LogP contribution in [0.5, 0.6) is 5.75 Å². The molecule has 0 fully saturated rings. The minimum Gasteiger partial charge on any atom is -0.493 e. The Morgan fingerprint density at radius 3 is 3.08 bits per heavy atom. The van der Waals surface area contributed by atoms with Gasteiger partial charge in [0.05, 0.1) is 31.4 Å². The number of furan rings is 1. The predicted molar refractivity (Wildman–Crippen MR) is 42.4 cm³/mol. The van der Waals surface area contributed by atoms with E-state index in [9.17, 15) is 0 Å². The summed E-state index contributed by atoms with van der Waals surface area (Å²) in [5, 5.41) is 8.40. The zero-order valence-corrected chi connectivity index (χ0v) is 6.78. The highest BCUT2D eigenvalue weighted by molar-refractivity contribution is 5.31. The van der Waals surface area contributed by atoms with Crippen LogP contribution in [-0.4, -0.2) is 7.11 Å². The van der Waals surface area contributed by atoms with Crippen molar-refractivity contribution >= 4 is 0 Å². The van der Waals surface area contributed by atoms with Crippen molar-refractivity contribution in [3.05, 3.63) is 18.1 Å². The maximum atomic E-state index is 8.40. The third-order valence-corrected chi connectivity index (χ3v) is 1.59. The maximum absolute atomic E-state index is 8.40. The molecule has 1 aromatic rings. The highest BCUT2D eigenvalue weighted by atomic mass is 16.5. The molecular formula is C8H10N2O2. The quantitative estimate of drug-likeness (QED) is 0.732. The predicted octanol–water partition coefficient (Wildman–Crippen LogP) is 1.20. The molecule has 4 heteroatoms. The lowest BCUT2D eigenvalue weighted by molar-refractivity contribution is 0.400. The smallest absolute Gasteiger partial charge is 0.161 e. The number of hydrogen-bond acceptors (Lipinski definition) is 4. The van der Waals surface area contributed by atoms with E-state index >= 15 is 0 Å². The molecule has 1 aromatic heterocycles. The first-order chi connectivity index (χ1) is 5.79. The Bertz CT molecular complexity index is 287. The van der Waals surface area contributed by atoms with Gasteiger partial charge >= 0.3 is 0 Å². The topological polar surface area (TPSA) is 72.2 Å². The first kappa shape index (κ1) is 8.62. The Balaban J connectivity index is 2.80. The lowest BCUT2D eigenvalue weighted by Crippen LogP contribution is -2.09. The van der Waals surface area contributed by atoms with Gasteiger partial charge in [-0.3, -0.25) is 0 Å². The Labute approximate surface area is 70.5 Å². The van der Waals surface area contributed by atoms with Gasteiger partial charge in [-0.1, -0.05) is 0 Å². The highest BCUT2D eigenvalue weighted by Crippen LogP contribution is 2.25. The molecule has 1 atom stereocenters. The van der Waals surface area contributed by atoms with Crippen LogP contribution in [0.15, 0.2) is 16.9 Å². The van der Waals surface area contributed by atoms with Crippen molar-refractivity contribution in [3.8, 4) is 11.8 Å². The summed E-state index contributed by atoms with van der Waals surface area (Å²) in [5.41, 5.74) is 6.40. The second-order valence-electron chi connectivity index (χ2n) is 2.36. The number of methoxy groups -OCH3 is 1. The van der Waals surface area contributed by atoms with E-state index in [1.165, 1.54) is 19.6 Å². The van der Waals surface area contributed by atoms with Crippen LogP contribution in [0.3, 0.4) is 0 Å². The van der Waals surface area contributed by atoms with Gasteiger partial charge in [0.2, 0.25) is 0 Å². The van der Waals surface area contributed by atoms with Gasteiger partial charge in [0, 0.05) is 6.04 Å². The second-order valence-corrected chi connectivity index (χ2v) is 2.36. The van der Waals surface area contributed by atoms with Gasteiger partial charge in [0.15, 0.2) is 5.75 Å². The maximum Gasteiger partial charge on any atom is 0.161 e. The molecule has 0 aliphatic rings. The van der Waals surface area contributed by atoms with Crippen molar-refractivity contribution in [2.45, 2.75) is 12.5 Å². The zero-order valence-electron chi connectivity index (χ0n) is 6.78. The molecule has 0 aliphatic heterocycles. The molecule has 2 N–H and O–H groups in total. The fourth-order valence-electron chi connectivity index (χ4n) is 0.940. The van der Waals surface area contributed by atoms with E-state index < -0.39 is 0 Å². The van der Waals surface area contributed by atoms with Gasteiger partial charge < -0.3 is 14.9 Å². The molecule has 0 amide bonds. The number of ether oxygens (including phenoxy) is 1. The molecule has 0 saturated heterocycles. The Hall–Kier alpha value is -1.47. The summed E-state index contributed by atoms with van der Waals surface area (Å²) in [5.74, 6) is 0.595. The monoisotopic (exact) mass is 166 g/mol.